The summed E-state index contributed by atoms with van der Waals surface area (Å²) in [5, 5.41) is 2.80. The summed E-state index contributed by atoms with van der Waals surface area (Å²) in [7, 11) is 0. The molecule has 0 unspecified atom stereocenters. The molecule has 7 heteroatoms. The van der Waals surface area contributed by atoms with Crippen molar-refractivity contribution in [1.29, 1.82) is 0 Å². The molecule has 0 aromatic heterocycles. The van der Waals surface area contributed by atoms with E-state index in [1.807, 2.05) is 27.7 Å². The number of hydrogen-bond donors (Lipinski definition) is 1. The molecule has 0 fully saturated rings. The van der Waals surface area contributed by atoms with Crippen LogP contribution in [0.2, 0.25) is 0 Å². The van der Waals surface area contributed by atoms with Gasteiger partial charge < -0.3 is 15.0 Å². The number of rotatable bonds is 5. The maximum Gasteiger partial charge on any atom is 0.338 e. The maximum atomic E-state index is 12.6. The van der Waals surface area contributed by atoms with Gasteiger partial charge in [0.15, 0.2) is 6.10 Å². The normalized spacial score (nSPS) is 15.1. The van der Waals surface area contributed by atoms with Gasteiger partial charge in [0.05, 0.1) is 11.3 Å². The van der Waals surface area contributed by atoms with Crippen LogP contribution in [0.1, 0.15) is 51.4 Å². The zero-order valence-corrected chi connectivity index (χ0v) is 16.7. The van der Waals surface area contributed by atoms with E-state index in [0.29, 0.717) is 23.4 Å². The van der Waals surface area contributed by atoms with E-state index in [1.165, 1.54) is 0 Å². The molecule has 0 aliphatic carbocycles. The molecule has 1 heterocycles. The SMILES string of the molecule is CC(C)N(C(=O)[C@@H](C)OC(=O)c1ccc2c(c1)NC(=O)CCS2)C(C)C. The lowest BCUT2D eigenvalue weighted by Crippen LogP contribution is -2.47. The molecule has 0 bridgehead atoms. The number of ether oxygens (including phenoxy) is 1. The summed E-state index contributed by atoms with van der Waals surface area (Å²) in [5.74, 6) is -0.171. The van der Waals surface area contributed by atoms with E-state index in [2.05, 4.69) is 5.32 Å². The van der Waals surface area contributed by atoms with Gasteiger partial charge >= 0.3 is 5.97 Å². The zero-order valence-electron chi connectivity index (χ0n) is 15.9. The van der Waals surface area contributed by atoms with Gasteiger partial charge in [-0.2, -0.15) is 0 Å². The molecule has 2 amide bonds. The van der Waals surface area contributed by atoms with Crippen molar-refractivity contribution in [3.05, 3.63) is 23.8 Å². The fraction of sp³-hybridized carbons (Fsp3) is 0.526. The topological polar surface area (TPSA) is 75.7 Å². The Balaban J connectivity index is 2.12. The van der Waals surface area contributed by atoms with Crippen LogP contribution in [0.4, 0.5) is 5.69 Å². The quantitative estimate of drug-likeness (QED) is 0.796. The van der Waals surface area contributed by atoms with Gasteiger partial charge in [-0.1, -0.05) is 0 Å². The minimum atomic E-state index is -0.880. The van der Waals surface area contributed by atoms with Crippen LogP contribution in [-0.2, 0) is 14.3 Å². The van der Waals surface area contributed by atoms with Crippen molar-refractivity contribution in [1.82, 2.24) is 4.90 Å². The number of fused-ring (bicyclic) bond motifs is 1. The first-order chi connectivity index (χ1) is 12.2. The Hall–Kier alpha value is -2.02. The second-order valence-corrected chi connectivity index (χ2v) is 7.97. The Morgan fingerprint density at radius 3 is 2.42 bits per heavy atom. The molecule has 1 aromatic rings. The van der Waals surface area contributed by atoms with Gasteiger partial charge in [-0.15, -0.1) is 11.8 Å². The number of hydrogen-bond acceptors (Lipinski definition) is 5. The van der Waals surface area contributed by atoms with Gasteiger partial charge in [-0.25, -0.2) is 4.79 Å². The van der Waals surface area contributed by atoms with Crippen molar-refractivity contribution in [2.75, 3.05) is 11.1 Å². The molecule has 2 rings (SSSR count). The molecule has 1 N–H and O–H groups in total. The zero-order chi connectivity index (χ0) is 19.4. The number of nitrogens with zero attached hydrogens (tertiary/aromatic N) is 1. The van der Waals surface area contributed by atoms with Gasteiger partial charge in [0.1, 0.15) is 0 Å². The van der Waals surface area contributed by atoms with Crippen molar-refractivity contribution in [3.63, 3.8) is 0 Å². The highest BCUT2D eigenvalue weighted by molar-refractivity contribution is 7.99. The molecule has 0 spiro atoms. The Bertz CT molecular complexity index is 695. The monoisotopic (exact) mass is 378 g/mol. The van der Waals surface area contributed by atoms with Gasteiger partial charge in [-0.3, -0.25) is 9.59 Å². The fourth-order valence-electron chi connectivity index (χ4n) is 2.94. The first kappa shape index (κ1) is 20.3. The number of benzene rings is 1. The minimum Gasteiger partial charge on any atom is -0.449 e. The third-order valence-corrected chi connectivity index (χ3v) is 5.15. The number of esters is 1. The second-order valence-electron chi connectivity index (χ2n) is 6.84. The standard InChI is InChI=1S/C19H26N2O4S/c1-11(2)21(12(3)4)18(23)13(5)25-19(24)14-6-7-16-15(10-14)20-17(22)8-9-26-16/h6-7,10-13H,8-9H2,1-5H3,(H,20,22)/t13-/m1/s1. The fourth-order valence-corrected chi connectivity index (χ4v) is 3.88. The predicted octanol–water partition coefficient (Wildman–Crippen LogP) is 3.31. The Morgan fingerprint density at radius 1 is 1.15 bits per heavy atom. The number of nitrogens with one attached hydrogen (secondary N) is 1. The van der Waals surface area contributed by atoms with Gasteiger partial charge in [0.25, 0.3) is 5.91 Å². The Labute approximate surface area is 158 Å². The average molecular weight is 378 g/mol. The maximum absolute atomic E-state index is 12.6. The third kappa shape index (κ3) is 4.78. The summed E-state index contributed by atoms with van der Waals surface area (Å²) in [6, 6.07) is 5.09. The number of carbonyl (C=O) groups excluding carboxylic acids is 3. The first-order valence-electron chi connectivity index (χ1n) is 8.80. The van der Waals surface area contributed by atoms with Crippen LogP contribution in [0, 0.1) is 0 Å². The number of carbonyl (C=O) groups is 3. The summed E-state index contributed by atoms with van der Waals surface area (Å²) in [6.45, 7) is 9.30. The summed E-state index contributed by atoms with van der Waals surface area (Å²) in [5.41, 5.74) is 0.920. The predicted molar refractivity (Wildman–Crippen MR) is 102 cm³/mol. The van der Waals surface area contributed by atoms with Gasteiger partial charge in [-0.05, 0) is 52.8 Å². The highest BCUT2D eigenvalue weighted by atomic mass is 32.2. The lowest BCUT2D eigenvalue weighted by Gasteiger charge is -2.32. The van der Waals surface area contributed by atoms with Crippen LogP contribution in [0.25, 0.3) is 0 Å². The van der Waals surface area contributed by atoms with Crippen molar-refractivity contribution < 1.29 is 19.1 Å². The molecule has 1 atom stereocenters. The van der Waals surface area contributed by atoms with E-state index in [4.69, 9.17) is 4.74 Å². The highest BCUT2D eigenvalue weighted by Gasteiger charge is 2.28. The van der Waals surface area contributed by atoms with Crippen molar-refractivity contribution in [2.45, 2.75) is 64.1 Å². The molecule has 142 valence electrons. The largest absolute Gasteiger partial charge is 0.449 e. The highest BCUT2D eigenvalue weighted by Crippen LogP contribution is 2.31. The second kappa shape index (κ2) is 8.58. The Morgan fingerprint density at radius 2 is 1.81 bits per heavy atom. The van der Waals surface area contributed by atoms with E-state index in [0.717, 1.165) is 4.90 Å². The van der Waals surface area contributed by atoms with Crippen LogP contribution >= 0.6 is 11.8 Å². The van der Waals surface area contributed by atoms with E-state index >= 15 is 0 Å². The molecular formula is C19H26N2O4S. The first-order valence-corrected chi connectivity index (χ1v) is 9.79. The third-order valence-electron chi connectivity index (χ3n) is 4.07. The summed E-state index contributed by atoms with van der Waals surface area (Å²) < 4.78 is 5.38. The molecule has 26 heavy (non-hydrogen) atoms. The van der Waals surface area contributed by atoms with Gasteiger partial charge in [0.2, 0.25) is 5.91 Å². The minimum absolute atomic E-state index is 0.0170. The molecule has 0 saturated carbocycles. The van der Waals surface area contributed by atoms with Crippen LogP contribution in [-0.4, -0.2) is 46.6 Å². The lowest BCUT2D eigenvalue weighted by molar-refractivity contribution is -0.143. The lowest BCUT2D eigenvalue weighted by atomic mass is 10.2. The number of thioether (sulfide) groups is 1. The molecular weight excluding hydrogens is 352 g/mol. The average Bonchev–Trinajstić information content (AvgIpc) is 2.73. The van der Waals surface area contributed by atoms with Crippen molar-refractivity contribution in [2.24, 2.45) is 0 Å². The molecule has 0 radical (unpaired) electrons. The van der Waals surface area contributed by atoms with Gasteiger partial charge in [0, 0.05) is 29.2 Å². The molecule has 1 aliphatic rings. The van der Waals surface area contributed by atoms with Crippen LogP contribution in [0.15, 0.2) is 23.1 Å². The Kier molecular flexibility index (Phi) is 6.69. The van der Waals surface area contributed by atoms with Crippen LogP contribution in [0.5, 0.6) is 0 Å². The molecule has 1 aliphatic heterocycles. The van der Waals surface area contributed by atoms with E-state index in [1.54, 1.807) is 41.8 Å². The summed E-state index contributed by atoms with van der Waals surface area (Å²) >= 11 is 1.57. The van der Waals surface area contributed by atoms with Crippen LogP contribution < -0.4 is 5.32 Å². The van der Waals surface area contributed by atoms with E-state index < -0.39 is 12.1 Å². The summed E-state index contributed by atoms with van der Waals surface area (Å²) in [6.07, 6.45) is -0.444. The van der Waals surface area contributed by atoms with Crippen molar-refractivity contribution in [3.8, 4) is 0 Å². The molecule has 1 aromatic carbocycles. The number of anilines is 1. The molecule has 0 saturated heterocycles. The van der Waals surface area contributed by atoms with Crippen molar-refractivity contribution >= 4 is 35.2 Å². The summed E-state index contributed by atoms with van der Waals surface area (Å²) in [4.78, 5) is 39.4. The van der Waals surface area contributed by atoms with E-state index in [-0.39, 0.29) is 23.9 Å². The van der Waals surface area contributed by atoms with E-state index in [9.17, 15) is 14.4 Å². The smallest absolute Gasteiger partial charge is 0.338 e. The molecule has 6 nitrogen and oxygen atoms in total. The van der Waals surface area contributed by atoms with Crippen LogP contribution in [0.3, 0.4) is 0 Å². The number of amides is 2.